The van der Waals surface area contributed by atoms with E-state index in [0.717, 1.165) is 0 Å². The monoisotopic (exact) mass is 237 g/mol. The van der Waals surface area contributed by atoms with E-state index in [1.165, 1.54) is 6.26 Å². The molecule has 0 saturated carbocycles. The summed E-state index contributed by atoms with van der Waals surface area (Å²) in [5.74, 6) is -0.0747. The Morgan fingerprint density at radius 2 is 2.00 bits per heavy atom. The third-order valence-electron chi connectivity index (χ3n) is 1.69. The van der Waals surface area contributed by atoms with E-state index < -0.39 is 9.84 Å². The molecule has 0 bridgehead atoms. The largest absolute Gasteiger partial charge is 0.466 e. The number of nitrogens with one attached hydrogen (secondary N) is 1. The Labute approximate surface area is 91.1 Å². The number of hydrogen-bond acceptors (Lipinski definition) is 5. The van der Waals surface area contributed by atoms with Crippen molar-refractivity contribution in [3.05, 3.63) is 0 Å². The highest BCUT2D eigenvalue weighted by Crippen LogP contribution is 1.91. The van der Waals surface area contributed by atoms with Gasteiger partial charge < -0.3 is 10.1 Å². The van der Waals surface area contributed by atoms with Gasteiger partial charge in [-0.3, -0.25) is 4.79 Å². The molecule has 0 saturated heterocycles. The van der Waals surface area contributed by atoms with Crippen molar-refractivity contribution in [2.45, 2.75) is 19.8 Å². The maximum Gasteiger partial charge on any atom is 0.305 e. The molecule has 0 aromatic rings. The van der Waals surface area contributed by atoms with Crippen LogP contribution >= 0.6 is 0 Å². The summed E-state index contributed by atoms with van der Waals surface area (Å²) in [6.45, 7) is 3.23. The van der Waals surface area contributed by atoms with Crippen molar-refractivity contribution < 1.29 is 17.9 Å². The molecule has 0 atom stereocenters. The summed E-state index contributed by atoms with van der Waals surface area (Å²) in [6.07, 6.45) is 2.25. The highest BCUT2D eigenvalue weighted by Gasteiger charge is 2.02. The van der Waals surface area contributed by atoms with Gasteiger partial charge in [0.15, 0.2) is 0 Å². The lowest BCUT2D eigenvalue weighted by molar-refractivity contribution is -0.143. The van der Waals surface area contributed by atoms with Gasteiger partial charge in [0, 0.05) is 19.2 Å². The van der Waals surface area contributed by atoms with Crippen LogP contribution in [0.15, 0.2) is 0 Å². The number of rotatable bonds is 8. The van der Waals surface area contributed by atoms with Crippen LogP contribution in [-0.2, 0) is 19.4 Å². The average molecular weight is 237 g/mol. The number of sulfone groups is 1. The van der Waals surface area contributed by atoms with Gasteiger partial charge in [-0.1, -0.05) is 0 Å². The third kappa shape index (κ3) is 11.3. The zero-order valence-electron chi connectivity index (χ0n) is 9.28. The predicted octanol–water partition coefficient (Wildman–Crippen LogP) is -0.0361. The van der Waals surface area contributed by atoms with Crippen LogP contribution in [0.5, 0.6) is 0 Å². The number of hydrogen-bond donors (Lipinski definition) is 1. The average Bonchev–Trinajstić information content (AvgIpc) is 2.09. The molecule has 1 N–H and O–H groups in total. The van der Waals surface area contributed by atoms with Crippen LogP contribution in [-0.4, -0.2) is 46.1 Å². The van der Waals surface area contributed by atoms with Gasteiger partial charge in [-0.2, -0.15) is 0 Å². The summed E-state index contributed by atoms with van der Waals surface area (Å²) in [5.41, 5.74) is 0. The molecule has 0 heterocycles. The number of carbonyl (C=O) groups is 1. The number of carbonyl (C=O) groups excluding carboxylic acids is 1. The summed E-state index contributed by atoms with van der Waals surface area (Å²) < 4.78 is 26.2. The first-order valence-electron chi connectivity index (χ1n) is 4.99. The van der Waals surface area contributed by atoms with Crippen LogP contribution in [0.4, 0.5) is 0 Å². The third-order valence-corrected chi connectivity index (χ3v) is 2.64. The summed E-state index contributed by atoms with van der Waals surface area (Å²) in [6, 6.07) is 0. The quantitative estimate of drug-likeness (QED) is 0.474. The van der Waals surface area contributed by atoms with E-state index in [-0.39, 0.29) is 11.7 Å². The fraction of sp³-hybridized carbons (Fsp3) is 0.889. The van der Waals surface area contributed by atoms with E-state index in [1.807, 2.05) is 0 Å². The molecule has 5 nitrogen and oxygen atoms in total. The first-order chi connectivity index (χ1) is 6.95. The molecule has 0 amide bonds. The van der Waals surface area contributed by atoms with Crippen molar-refractivity contribution in [2.24, 2.45) is 0 Å². The van der Waals surface area contributed by atoms with Crippen LogP contribution in [0.2, 0.25) is 0 Å². The minimum absolute atomic E-state index is 0.131. The standard InChI is InChI=1S/C9H19NO4S/c1-3-14-9(11)5-4-6-10-7-8-15(2,12)13/h10H,3-8H2,1-2H3. The minimum atomic E-state index is -2.89. The molecule has 0 unspecified atom stereocenters. The molecule has 0 aliphatic rings. The smallest absolute Gasteiger partial charge is 0.305 e. The van der Waals surface area contributed by atoms with Gasteiger partial charge in [-0.05, 0) is 19.9 Å². The Bertz CT molecular complexity index is 274. The predicted molar refractivity (Wildman–Crippen MR) is 58.4 cm³/mol. The fourth-order valence-electron chi connectivity index (χ4n) is 0.973. The van der Waals surface area contributed by atoms with Gasteiger partial charge in [0.1, 0.15) is 9.84 Å². The molecular weight excluding hydrogens is 218 g/mol. The van der Waals surface area contributed by atoms with Crippen LogP contribution in [0, 0.1) is 0 Å². The maximum atomic E-state index is 10.9. The van der Waals surface area contributed by atoms with E-state index in [9.17, 15) is 13.2 Å². The Kier molecular flexibility index (Phi) is 7.33. The van der Waals surface area contributed by atoms with E-state index >= 15 is 0 Å². The molecule has 0 aromatic heterocycles. The van der Waals surface area contributed by atoms with E-state index in [2.05, 4.69) is 5.32 Å². The Morgan fingerprint density at radius 1 is 1.33 bits per heavy atom. The van der Waals surface area contributed by atoms with Gasteiger partial charge in [0.2, 0.25) is 0 Å². The van der Waals surface area contributed by atoms with Gasteiger partial charge in [0.25, 0.3) is 0 Å². The fourth-order valence-corrected chi connectivity index (χ4v) is 1.49. The maximum absolute atomic E-state index is 10.9. The Morgan fingerprint density at radius 3 is 2.53 bits per heavy atom. The molecule has 15 heavy (non-hydrogen) atoms. The van der Waals surface area contributed by atoms with Crippen LogP contribution < -0.4 is 5.32 Å². The van der Waals surface area contributed by atoms with Crippen molar-refractivity contribution in [2.75, 3.05) is 31.7 Å². The molecular formula is C9H19NO4S. The second-order valence-corrected chi connectivity index (χ2v) is 5.55. The Balaban J connectivity index is 3.29. The zero-order chi connectivity index (χ0) is 11.7. The normalized spacial score (nSPS) is 11.3. The van der Waals surface area contributed by atoms with E-state index in [0.29, 0.717) is 32.5 Å². The number of ether oxygens (including phenoxy) is 1. The summed E-state index contributed by atoms with van der Waals surface area (Å²) in [5, 5.41) is 2.95. The molecule has 0 radical (unpaired) electrons. The summed E-state index contributed by atoms with van der Waals surface area (Å²) >= 11 is 0. The molecule has 0 rings (SSSR count). The van der Waals surface area contributed by atoms with Crippen LogP contribution in [0.25, 0.3) is 0 Å². The molecule has 0 spiro atoms. The first kappa shape index (κ1) is 14.4. The topological polar surface area (TPSA) is 72.5 Å². The van der Waals surface area contributed by atoms with Crippen LogP contribution in [0.3, 0.4) is 0 Å². The lowest BCUT2D eigenvalue weighted by Crippen LogP contribution is -2.23. The van der Waals surface area contributed by atoms with Gasteiger partial charge in [0.05, 0.1) is 12.4 Å². The van der Waals surface area contributed by atoms with Crippen molar-refractivity contribution in [1.29, 1.82) is 0 Å². The first-order valence-corrected chi connectivity index (χ1v) is 7.06. The lowest BCUT2D eigenvalue weighted by Gasteiger charge is -2.03. The van der Waals surface area contributed by atoms with Gasteiger partial charge in [-0.25, -0.2) is 8.42 Å². The summed E-state index contributed by atoms with van der Waals surface area (Å²) in [4.78, 5) is 10.9. The lowest BCUT2D eigenvalue weighted by atomic mass is 10.3. The van der Waals surface area contributed by atoms with E-state index in [1.54, 1.807) is 6.92 Å². The molecule has 0 aliphatic carbocycles. The zero-order valence-corrected chi connectivity index (χ0v) is 10.1. The summed E-state index contributed by atoms with van der Waals surface area (Å²) in [7, 11) is -2.89. The molecule has 0 aromatic carbocycles. The second-order valence-electron chi connectivity index (χ2n) is 3.29. The van der Waals surface area contributed by atoms with Crippen molar-refractivity contribution in [1.82, 2.24) is 5.32 Å². The van der Waals surface area contributed by atoms with Gasteiger partial charge in [-0.15, -0.1) is 0 Å². The van der Waals surface area contributed by atoms with Crippen LogP contribution in [0.1, 0.15) is 19.8 Å². The van der Waals surface area contributed by atoms with E-state index in [4.69, 9.17) is 4.74 Å². The second kappa shape index (κ2) is 7.64. The Hall–Kier alpha value is -0.620. The number of esters is 1. The molecule has 0 fully saturated rings. The molecule has 0 aliphatic heterocycles. The minimum Gasteiger partial charge on any atom is -0.466 e. The van der Waals surface area contributed by atoms with Crippen molar-refractivity contribution in [3.63, 3.8) is 0 Å². The molecule has 90 valence electrons. The highest BCUT2D eigenvalue weighted by atomic mass is 32.2. The highest BCUT2D eigenvalue weighted by molar-refractivity contribution is 7.90. The van der Waals surface area contributed by atoms with Gasteiger partial charge >= 0.3 is 5.97 Å². The van der Waals surface area contributed by atoms with Crippen molar-refractivity contribution >= 4 is 15.8 Å². The molecule has 6 heteroatoms. The SMILES string of the molecule is CCOC(=O)CCCNCCS(C)(=O)=O. The van der Waals surface area contributed by atoms with Crippen molar-refractivity contribution in [3.8, 4) is 0 Å².